The van der Waals surface area contributed by atoms with Gasteiger partial charge < -0.3 is 4.90 Å². The average Bonchev–Trinajstić information content (AvgIpc) is 2.67. The molecule has 0 amide bonds. The van der Waals surface area contributed by atoms with E-state index in [2.05, 4.69) is 39.7 Å². The van der Waals surface area contributed by atoms with Gasteiger partial charge in [0, 0.05) is 19.1 Å². The van der Waals surface area contributed by atoms with Crippen LogP contribution >= 0.6 is 27.3 Å². The molecule has 1 aromatic heterocycles. The van der Waals surface area contributed by atoms with Gasteiger partial charge in [0.2, 0.25) is 0 Å². The lowest BCUT2D eigenvalue weighted by atomic mass is 10.2. The zero-order valence-corrected chi connectivity index (χ0v) is 13.3. The van der Waals surface area contributed by atoms with Crippen LogP contribution in [-0.4, -0.2) is 54.9 Å². The zero-order valence-electron chi connectivity index (χ0n) is 10.9. The fraction of sp³-hybridized carbons (Fsp3) is 0.615. The largest absolute Gasteiger partial charge is 0.305 e. The molecule has 18 heavy (non-hydrogen) atoms. The smallest absolute Gasteiger partial charge is 0.186 e. The summed E-state index contributed by atoms with van der Waals surface area (Å²) in [5.41, 5.74) is 0. The van der Waals surface area contributed by atoms with E-state index in [0.29, 0.717) is 12.6 Å². The number of rotatable bonds is 3. The highest BCUT2D eigenvalue weighted by Gasteiger charge is 2.22. The van der Waals surface area contributed by atoms with Crippen LogP contribution < -0.4 is 0 Å². The van der Waals surface area contributed by atoms with Crippen LogP contribution in [0.3, 0.4) is 0 Å². The van der Waals surface area contributed by atoms with Gasteiger partial charge in [-0.15, -0.1) is 11.3 Å². The van der Waals surface area contributed by atoms with E-state index in [0.717, 1.165) is 34.7 Å². The van der Waals surface area contributed by atoms with E-state index in [9.17, 15) is 4.79 Å². The quantitative estimate of drug-likeness (QED) is 0.796. The Morgan fingerprint density at radius 3 is 2.94 bits per heavy atom. The van der Waals surface area contributed by atoms with E-state index >= 15 is 0 Å². The maximum absolute atomic E-state index is 12.2. The molecule has 1 aromatic rings. The Balaban J connectivity index is 1.97. The van der Waals surface area contributed by atoms with Gasteiger partial charge in [-0.1, -0.05) is 0 Å². The third-order valence-corrected chi connectivity index (χ3v) is 5.04. The minimum Gasteiger partial charge on any atom is -0.305 e. The van der Waals surface area contributed by atoms with Gasteiger partial charge in [0.15, 0.2) is 5.78 Å². The van der Waals surface area contributed by atoms with Crippen molar-refractivity contribution in [2.45, 2.75) is 19.4 Å². The van der Waals surface area contributed by atoms with Crippen molar-refractivity contribution in [2.24, 2.45) is 0 Å². The number of thiophene rings is 1. The molecule has 1 unspecified atom stereocenters. The first-order valence-electron chi connectivity index (χ1n) is 6.27. The van der Waals surface area contributed by atoms with E-state index in [-0.39, 0.29) is 5.78 Å². The number of likely N-dealkylation sites (N-methyl/N-ethyl adjacent to an activating group) is 1. The Hall–Kier alpha value is -0.230. The van der Waals surface area contributed by atoms with E-state index in [1.807, 2.05) is 12.1 Å². The number of carbonyl (C=O) groups excluding carboxylic acids is 1. The molecule has 0 spiro atoms. The molecule has 2 heterocycles. The second kappa shape index (κ2) is 6.28. The molecule has 5 heteroatoms. The SMILES string of the molecule is CC1CN(C)CCCN1CC(=O)c1ccc(Br)s1. The van der Waals surface area contributed by atoms with Crippen molar-refractivity contribution >= 4 is 33.0 Å². The predicted octanol–water partition coefficient (Wildman–Crippen LogP) is 2.72. The fourth-order valence-corrected chi connectivity index (χ4v) is 3.70. The summed E-state index contributed by atoms with van der Waals surface area (Å²) in [4.78, 5) is 17.7. The molecule has 1 aliphatic heterocycles. The van der Waals surface area contributed by atoms with Crippen LogP contribution in [0.1, 0.15) is 23.0 Å². The molecule has 1 atom stereocenters. The normalized spacial score (nSPS) is 22.9. The van der Waals surface area contributed by atoms with Crippen LogP contribution in [-0.2, 0) is 0 Å². The number of carbonyl (C=O) groups is 1. The minimum atomic E-state index is 0.238. The summed E-state index contributed by atoms with van der Waals surface area (Å²) >= 11 is 4.93. The van der Waals surface area contributed by atoms with Gasteiger partial charge in [-0.3, -0.25) is 9.69 Å². The van der Waals surface area contributed by atoms with Crippen molar-refractivity contribution in [3.05, 3.63) is 20.8 Å². The summed E-state index contributed by atoms with van der Waals surface area (Å²) in [5, 5.41) is 0. The first-order valence-corrected chi connectivity index (χ1v) is 7.88. The molecule has 100 valence electrons. The number of halogens is 1. The summed E-state index contributed by atoms with van der Waals surface area (Å²) in [6.07, 6.45) is 1.14. The first-order chi connectivity index (χ1) is 8.56. The van der Waals surface area contributed by atoms with E-state index in [1.165, 1.54) is 11.3 Å². The number of hydrogen-bond donors (Lipinski definition) is 0. The molecule has 0 aliphatic carbocycles. The molecule has 1 saturated heterocycles. The minimum absolute atomic E-state index is 0.238. The molecule has 1 fully saturated rings. The lowest BCUT2D eigenvalue weighted by Gasteiger charge is -2.26. The maximum Gasteiger partial charge on any atom is 0.186 e. The Morgan fingerprint density at radius 1 is 1.50 bits per heavy atom. The van der Waals surface area contributed by atoms with Crippen LogP contribution in [0, 0.1) is 0 Å². The van der Waals surface area contributed by atoms with E-state index in [4.69, 9.17) is 0 Å². The van der Waals surface area contributed by atoms with Crippen molar-refractivity contribution in [3.8, 4) is 0 Å². The standard InChI is InChI=1S/C13H19BrN2OS/c1-10-8-15(2)6-3-7-16(10)9-11(17)12-4-5-13(14)18-12/h4-5,10H,3,6-9H2,1-2H3. The second-order valence-electron chi connectivity index (χ2n) is 4.96. The molecular weight excluding hydrogens is 312 g/mol. The monoisotopic (exact) mass is 330 g/mol. The number of hydrogen-bond acceptors (Lipinski definition) is 4. The van der Waals surface area contributed by atoms with Gasteiger partial charge in [0.1, 0.15) is 0 Å². The molecular formula is C13H19BrN2OS. The highest BCUT2D eigenvalue weighted by molar-refractivity contribution is 9.11. The highest BCUT2D eigenvalue weighted by atomic mass is 79.9. The lowest BCUT2D eigenvalue weighted by Crippen LogP contribution is -2.40. The molecule has 1 aliphatic rings. The van der Waals surface area contributed by atoms with Crippen LogP contribution in [0.4, 0.5) is 0 Å². The molecule has 2 rings (SSSR count). The van der Waals surface area contributed by atoms with Crippen molar-refractivity contribution < 1.29 is 4.79 Å². The molecule has 3 nitrogen and oxygen atoms in total. The Kier molecular flexibility index (Phi) is 4.95. The predicted molar refractivity (Wildman–Crippen MR) is 79.5 cm³/mol. The van der Waals surface area contributed by atoms with E-state index in [1.54, 1.807) is 0 Å². The number of Topliss-reactive ketones (excluding diaryl/α,β-unsaturated/α-hetero) is 1. The lowest BCUT2D eigenvalue weighted by molar-refractivity contribution is 0.0904. The molecule has 0 N–H and O–H groups in total. The van der Waals surface area contributed by atoms with E-state index < -0.39 is 0 Å². The number of nitrogens with zero attached hydrogens (tertiary/aromatic N) is 2. The van der Waals surface area contributed by atoms with Crippen molar-refractivity contribution in [2.75, 3.05) is 33.2 Å². The van der Waals surface area contributed by atoms with Crippen LogP contribution in [0.2, 0.25) is 0 Å². The summed E-state index contributed by atoms with van der Waals surface area (Å²) in [7, 11) is 2.15. The van der Waals surface area contributed by atoms with Gasteiger partial charge in [0.25, 0.3) is 0 Å². The van der Waals surface area contributed by atoms with Crippen LogP contribution in [0.25, 0.3) is 0 Å². The van der Waals surface area contributed by atoms with Crippen LogP contribution in [0.5, 0.6) is 0 Å². The van der Waals surface area contributed by atoms with Crippen LogP contribution in [0.15, 0.2) is 15.9 Å². The second-order valence-corrected chi connectivity index (χ2v) is 7.43. The van der Waals surface area contributed by atoms with Gasteiger partial charge in [-0.05, 0) is 55.0 Å². The summed E-state index contributed by atoms with van der Waals surface area (Å²) < 4.78 is 1.02. The Morgan fingerprint density at radius 2 is 2.28 bits per heavy atom. The van der Waals surface area contributed by atoms with Crippen molar-refractivity contribution in [1.29, 1.82) is 0 Å². The molecule has 0 radical (unpaired) electrons. The maximum atomic E-state index is 12.2. The topological polar surface area (TPSA) is 23.6 Å². The average molecular weight is 331 g/mol. The van der Waals surface area contributed by atoms with Crippen molar-refractivity contribution in [3.63, 3.8) is 0 Å². The van der Waals surface area contributed by atoms with Gasteiger partial charge in [-0.2, -0.15) is 0 Å². The first kappa shape index (κ1) is 14.2. The Bertz CT molecular complexity index is 421. The van der Waals surface area contributed by atoms with Gasteiger partial charge in [-0.25, -0.2) is 0 Å². The third kappa shape index (κ3) is 3.63. The molecule has 0 aromatic carbocycles. The van der Waals surface area contributed by atoms with Crippen molar-refractivity contribution in [1.82, 2.24) is 9.80 Å². The zero-order chi connectivity index (χ0) is 13.1. The number of ketones is 1. The summed E-state index contributed by atoms with van der Waals surface area (Å²) in [6.45, 7) is 5.94. The highest BCUT2D eigenvalue weighted by Crippen LogP contribution is 2.23. The fourth-order valence-electron chi connectivity index (χ4n) is 2.38. The third-order valence-electron chi connectivity index (χ3n) is 3.38. The van der Waals surface area contributed by atoms with Gasteiger partial charge >= 0.3 is 0 Å². The molecule has 0 bridgehead atoms. The summed E-state index contributed by atoms with van der Waals surface area (Å²) in [6, 6.07) is 4.30. The molecule has 0 saturated carbocycles. The Labute approximate surface area is 121 Å². The van der Waals surface area contributed by atoms with Gasteiger partial charge in [0.05, 0.1) is 15.2 Å². The summed E-state index contributed by atoms with van der Waals surface area (Å²) in [5.74, 6) is 0.238.